The summed E-state index contributed by atoms with van der Waals surface area (Å²) in [5.74, 6) is -0.235. The summed E-state index contributed by atoms with van der Waals surface area (Å²) in [7, 11) is 0. The summed E-state index contributed by atoms with van der Waals surface area (Å²) in [5, 5.41) is 8.93. The van der Waals surface area contributed by atoms with Gasteiger partial charge in [-0.3, -0.25) is 4.79 Å². The summed E-state index contributed by atoms with van der Waals surface area (Å²) >= 11 is 5.93. The number of benzene rings is 3. The van der Waals surface area contributed by atoms with Gasteiger partial charge in [-0.25, -0.2) is 4.79 Å². The van der Waals surface area contributed by atoms with Gasteiger partial charge in [0.05, 0.1) is 0 Å². The maximum atomic E-state index is 12.4. The molecule has 0 bridgehead atoms. The first-order valence-electron chi connectivity index (χ1n) is 8.32. The zero-order valence-corrected chi connectivity index (χ0v) is 15.4. The number of aryl methyl sites for hydroxylation is 1. The lowest BCUT2D eigenvalue weighted by molar-refractivity contribution is 0.102. The summed E-state index contributed by atoms with van der Waals surface area (Å²) in [5.41, 5.74) is 3.35. The SMILES string of the molecule is Cc1cc(Cl)ccc1NC(=O)c1ccc(NC(=O)Nc2ccccc2)cc1. The quantitative estimate of drug-likeness (QED) is 0.556. The van der Waals surface area contributed by atoms with Gasteiger partial charge >= 0.3 is 6.03 Å². The van der Waals surface area contributed by atoms with Crippen LogP contribution in [-0.4, -0.2) is 11.9 Å². The van der Waals surface area contributed by atoms with Crippen molar-refractivity contribution in [2.45, 2.75) is 6.92 Å². The van der Waals surface area contributed by atoms with Gasteiger partial charge in [0.25, 0.3) is 5.91 Å². The Morgan fingerprint density at radius 3 is 2.04 bits per heavy atom. The zero-order chi connectivity index (χ0) is 19.2. The minimum absolute atomic E-state index is 0.235. The van der Waals surface area contributed by atoms with Crippen molar-refractivity contribution >= 4 is 40.6 Å². The molecule has 0 aliphatic carbocycles. The van der Waals surface area contributed by atoms with Crippen LogP contribution in [0.5, 0.6) is 0 Å². The minimum atomic E-state index is -0.352. The summed E-state index contributed by atoms with van der Waals surface area (Å²) in [4.78, 5) is 24.4. The summed E-state index contributed by atoms with van der Waals surface area (Å²) in [6.07, 6.45) is 0. The van der Waals surface area contributed by atoms with E-state index in [4.69, 9.17) is 11.6 Å². The number of urea groups is 1. The molecule has 3 aromatic carbocycles. The number of amides is 3. The average Bonchev–Trinajstić information content (AvgIpc) is 2.65. The molecule has 0 radical (unpaired) electrons. The normalized spacial score (nSPS) is 10.1. The van der Waals surface area contributed by atoms with E-state index in [0.717, 1.165) is 5.56 Å². The third kappa shape index (κ3) is 5.09. The Morgan fingerprint density at radius 2 is 1.41 bits per heavy atom. The van der Waals surface area contributed by atoms with Crippen LogP contribution in [0, 0.1) is 6.92 Å². The van der Waals surface area contributed by atoms with Crippen LogP contribution in [0.1, 0.15) is 15.9 Å². The molecule has 0 aliphatic heterocycles. The van der Waals surface area contributed by atoms with E-state index in [1.807, 2.05) is 25.1 Å². The van der Waals surface area contributed by atoms with E-state index < -0.39 is 0 Å². The van der Waals surface area contributed by atoms with Crippen LogP contribution in [0.25, 0.3) is 0 Å². The Kier molecular flexibility index (Phi) is 5.74. The number of para-hydroxylation sites is 1. The van der Waals surface area contributed by atoms with Gasteiger partial charge in [0.15, 0.2) is 0 Å². The molecule has 0 fully saturated rings. The minimum Gasteiger partial charge on any atom is -0.322 e. The van der Waals surface area contributed by atoms with Gasteiger partial charge in [0, 0.05) is 27.6 Å². The Bertz CT molecular complexity index is 957. The van der Waals surface area contributed by atoms with E-state index >= 15 is 0 Å². The van der Waals surface area contributed by atoms with Crippen molar-refractivity contribution in [3.8, 4) is 0 Å². The van der Waals surface area contributed by atoms with Crippen LogP contribution in [0.4, 0.5) is 21.9 Å². The van der Waals surface area contributed by atoms with Crippen molar-refractivity contribution < 1.29 is 9.59 Å². The zero-order valence-electron chi connectivity index (χ0n) is 14.6. The van der Waals surface area contributed by atoms with Gasteiger partial charge < -0.3 is 16.0 Å². The van der Waals surface area contributed by atoms with Crippen molar-refractivity contribution in [3.63, 3.8) is 0 Å². The molecule has 3 rings (SSSR count). The lowest BCUT2D eigenvalue weighted by atomic mass is 10.1. The fourth-order valence-electron chi connectivity index (χ4n) is 2.48. The van der Waals surface area contributed by atoms with Gasteiger partial charge in [-0.1, -0.05) is 29.8 Å². The predicted octanol–water partition coefficient (Wildman–Crippen LogP) is 5.54. The Morgan fingerprint density at radius 1 is 0.778 bits per heavy atom. The third-order valence-corrected chi connectivity index (χ3v) is 4.11. The molecule has 0 aliphatic rings. The largest absolute Gasteiger partial charge is 0.323 e. The lowest BCUT2D eigenvalue weighted by Gasteiger charge is -2.10. The molecular weight excluding hydrogens is 362 g/mol. The van der Waals surface area contributed by atoms with Crippen LogP contribution in [0.3, 0.4) is 0 Å². The summed E-state index contributed by atoms with van der Waals surface area (Å²) < 4.78 is 0. The number of nitrogens with one attached hydrogen (secondary N) is 3. The molecule has 27 heavy (non-hydrogen) atoms. The molecular formula is C21H18ClN3O2. The van der Waals surface area contributed by atoms with Gasteiger partial charge in [-0.2, -0.15) is 0 Å². The van der Waals surface area contributed by atoms with Gasteiger partial charge in [0.2, 0.25) is 0 Å². The van der Waals surface area contributed by atoms with Crippen LogP contribution >= 0.6 is 11.6 Å². The van der Waals surface area contributed by atoms with Crippen LogP contribution in [0.15, 0.2) is 72.8 Å². The molecule has 0 spiro atoms. The second kappa shape index (κ2) is 8.38. The first kappa shape index (κ1) is 18.5. The highest BCUT2D eigenvalue weighted by Gasteiger charge is 2.09. The lowest BCUT2D eigenvalue weighted by Crippen LogP contribution is -2.19. The summed E-state index contributed by atoms with van der Waals surface area (Å²) in [6.45, 7) is 1.87. The first-order valence-corrected chi connectivity index (χ1v) is 8.70. The fourth-order valence-corrected chi connectivity index (χ4v) is 2.71. The van der Waals surface area contributed by atoms with Crippen LogP contribution < -0.4 is 16.0 Å². The molecule has 0 aromatic heterocycles. The number of carbonyl (C=O) groups excluding carboxylic acids is 2. The highest BCUT2D eigenvalue weighted by molar-refractivity contribution is 6.30. The molecule has 136 valence electrons. The van der Waals surface area contributed by atoms with E-state index in [-0.39, 0.29) is 11.9 Å². The maximum absolute atomic E-state index is 12.4. The number of hydrogen-bond acceptors (Lipinski definition) is 2. The molecule has 0 saturated heterocycles. The van der Waals surface area contributed by atoms with Crippen molar-refractivity contribution in [3.05, 3.63) is 88.9 Å². The van der Waals surface area contributed by atoms with E-state index in [9.17, 15) is 9.59 Å². The standard InChI is InChI=1S/C21H18ClN3O2/c1-14-13-16(22)9-12-19(14)25-20(26)15-7-10-18(11-8-15)24-21(27)23-17-5-3-2-4-6-17/h2-13H,1H3,(H,25,26)(H2,23,24,27). The number of rotatable bonds is 4. The molecule has 3 amide bonds. The highest BCUT2D eigenvalue weighted by Crippen LogP contribution is 2.20. The van der Waals surface area contributed by atoms with E-state index in [1.165, 1.54) is 0 Å². The van der Waals surface area contributed by atoms with Crippen LogP contribution in [0.2, 0.25) is 5.02 Å². The van der Waals surface area contributed by atoms with E-state index in [0.29, 0.717) is 27.6 Å². The molecule has 0 atom stereocenters. The average molecular weight is 380 g/mol. The van der Waals surface area contributed by atoms with Crippen LogP contribution in [-0.2, 0) is 0 Å². The van der Waals surface area contributed by atoms with Gasteiger partial charge in [-0.15, -0.1) is 0 Å². The van der Waals surface area contributed by atoms with E-state index in [1.54, 1.807) is 54.6 Å². The molecule has 3 aromatic rings. The second-order valence-corrected chi connectivity index (χ2v) is 6.37. The van der Waals surface area contributed by atoms with Crippen molar-refractivity contribution in [1.82, 2.24) is 0 Å². The maximum Gasteiger partial charge on any atom is 0.323 e. The second-order valence-electron chi connectivity index (χ2n) is 5.94. The first-order chi connectivity index (χ1) is 13.0. The Balaban J connectivity index is 1.61. The topological polar surface area (TPSA) is 70.2 Å². The Labute approximate surface area is 162 Å². The molecule has 0 unspecified atom stereocenters. The molecule has 6 heteroatoms. The molecule has 0 saturated carbocycles. The number of hydrogen-bond donors (Lipinski definition) is 3. The molecule has 0 heterocycles. The Hall–Kier alpha value is -3.31. The molecule has 5 nitrogen and oxygen atoms in total. The van der Waals surface area contributed by atoms with Crippen molar-refractivity contribution in [2.75, 3.05) is 16.0 Å². The van der Waals surface area contributed by atoms with Crippen molar-refractivity contribution in [1.29, 1.82) is 0 Å². The molecule has 3 N–H and O–H groups in total. The van der Waals surface area contributed by atoms with Gasteiger partial charge in [-0.05, 0) is 67.1 Å². The van der Waals surface area contributed by atoms with E-state index in [2.05, 4.69) is 16.0 Å². The smallest absolute Gasteiger partial charge is 0.322 e. The highest BCUT2D eigenvalue weighted by atomic mass is 35.5. The summed E-state index contributed by atoms with van der Waals surface area (Å²) in [6, 6.07) is 20.7. The fraction of sp³-hybridized carbons (Fsp3) is 0.0476. The van der Waals surface area contributed by atoms with Crippen molar-refractivity contribution in [2.24, 2.45) is 0 Å². The van der Waals surface area contributed by atoms with Gasteiger partial charge in [0.1, 0.15) is 0 Å². The number of anilines is 3. The third-order valence-electron chi connectivity index (χ3n) is 3.87. The number of carbonyl (C=O) groups is 2. The predicted molar refractivity (Wildman–Crippen MR) is 110 cm³/mol. The number of halogens is 1. The monoisotopic (exact) mass is 379 g/mol.